The van der Waals surface area contributed by atoms with E-state index in [1.54, 1.807) is 6.07 Å². The van der Waals surface area contributed by atoms with Gasteiger partial charge in [-0.3, -0.25) is 0 Å². The first-order valence-corrected chi connectivity index (χ1v) is 7.67. The molecule has 0 saturated heterocycles. The smallest absolute Gasteiger partial charge is 0.139 e. The minimum atomic E-state index is -0.252. The van der Waals surface area contributed by atoms with E-state index in [9.17, 15) is 4.39 Å². The Balaban J connectivity index is 2.17. The third-order valence-corrected chi connectivity index (χ3v) is 4.16. The van der Waals surface area contributed by atoms with Gasteiger partial charge in [0.15, 0.2) is 0 Å². The van der Waals surface area contributed by atoms with Crippen LogP contribution < -0.4 is 10.2 Å². The molecule has 0 fully saturated rings. The van der Waals surface area contributed by atoms with E-state index in [0.717, 1.165) is 16.9 Å². The molecule has 1 unspecified atom stereocenters. The molecule has 0 aromatic heterocycles. The van der Waals surface area contributed by atoms with Crippen LogP contribution in [0.3, 0.4) is 0 Å². The Morgan fingerprint density at radius 3 is 2.33 bits per heavy atom. The Morgan fingerprint density at radius 2 is 1.76 bits per heavy atom. The highest BCUT2D eigenvalue weighted by molar-refractivity contribution is 9.10. The topological polar surface area (TPSA) is 15.3 Å². The third-order valence-electron chi connectivity index (χ3n) is 3.55. The van der Waals surface area contributed by atoms with Crippen LogP contribution in [0.25, 0.3) is 0 Å². The molecular formula is C17H20BrFN2. The monoisotopic (exact) mass is 350 g/mol. The SMILES string of the molecule is Cc1cc(Br)c(F)cc1NC(C)c1ccc(N(C)C)cc1. The Labute approximate surface area is 134 Å². The van der Waals surface area contributed by atoms with Crippen molar-refractivity contribution < 1.29 is 4.39 Å². The van der Waals surface area contributed by atoms with Crippen LogP contribution in [0, 0.1) is 12.7 Å². The molecule has 21 heavy (non-hydrogen) atoms. The second kappa shape index (κ2) is 6.48. The van der Waals surface area contributed by atoms with Crippen molar-refractivity contribution in [2.75, 3.05) is 24.3 Å². The van der Waals surface area contributed by atoms with Crippen molar-refractivity contribution in [2.45, 2.75) is 19.9 Å². The molecule has 0 heterocycles. The van der Waals surface area contributed by atoms with Gasteiger partial charge in [-0.1, -0.05) is 12.1 Å². The zero-order valence-corrected chi connectivity index (χ0v) is 14.3. The summed E-state index contributed by atoms with van der Waals surface area (Å²) < 4.78 is 14.2. The van der Waals surface area contributed by atoms with E-state index in [2.05, 4.69) is 57.3 Å². The molecule has 0 spiro atoms. The summed E-state index contributed by atoms with van der Waals surface area (Å²) in [6.45, 7) is 4.04. The highest BCUT2D eigenvalue weighted by atomic mass is 79.9. The first-order valence-electron chi connectivity index (χ1n) is 6.88. The van der Waals surface area contributed by atoms with Crippen molar-refractivity contribution >= 4 is 27.3 Å². The van der Waals surface area contributed by atoms with E-state index in [-0.39, 0.29) is 11.9 Å². The number of nitrogens with one attached hydrogen (secondary N) is 1. The molecule has 112 valence electrons. The van der Waals surface area contributed by atoms with Gasteiger partial charge in [0.25, 0.3) is 0 Å². The van der Waals surface area contributed by atoms with Crippen LogP contribution in [0.1, 0.15) is 24.1 Å². The van der Waals surface area contributed by atoms with Crippen LogP contribution in [-0.4, -0.2) is 14.1 Å². The number of anilines is 2. The Kier molecular flexibility index (Phi) is 4.88. The molecule has 0 bridgehead atoms. The first kappa shape index (κ1) is 15.8. The van der Waals surface area contributed by atoms with Gasteiger partial charge in [0.1, 0.15) is 5.82 Å². The summed E-state index contributed by atoms with van der Waals surface area (Å²) in [5, 5.41) is 3.37. The maximum atomic E-state index is 13.7. The van der Waals surface area contributed by atoms with Gasteiger partial charge in [-0.05, 0) is 65.2 Å². The summed E-state index contributed by atoms with van der Waals surface area (Å²) in [6.07, 6.45) is 0. The number of nitrogens with zero attached hydrogens (tertiary/aromatic N) is 1. The van der Waals surface area contributed by atoms with Crippen LogP contribution in [0.5, 0.6) is 0 Å². The number of halogens is 2. The van der Waals surface area contributed by atoms with Crippen molar-refractivity contribution in [2.24, 2.45) is 0 Å². The third kappa shape index (κ3) is 3.76. The minimum absolute atomic E-state index is 0.112. The van der Waals surface area contributed by atoms with Crippen LogP contribution in [-0.2, 0) is 0 Å². The molecule has 2 aromatic carbocycles. The lowest BCUT2D eigenvalue weighted by atomic mass is 10.1. The Hall–Kier alpha value is -1.55. The van der Waals surface area contributed by atoms with Crippen molar-refractivity contribution in [3.8, 4) is 0 Å². The Morgan fingerprint density at radius 1 is 1.14 bits per heavy atom. The summed E-state index contributed by atoms with van der Waals surface area (Å²) in [5.41, 5.74) is 4.17. The second-order valence-corrected chi connectivity index (χ2v) is 6.29. The van der Waals surface area contributed by atoms with Crippen molar-refractivity contribution in [3.63, 3.8) is 0 Å². The molecule has 0 amide bonds. The van der Waals surface area contributed by atoms with Gasteiger partial charge in [-0.15, -0.1) is 0 Å². The standard InChI is InChI=1S/C17H20BrFN2/c1-11-9-15(18)16(19)10-17(11)20-12(2)13-5-7-14(8-6-13)21(3)4/h5-10,12,20H,1-4H3. The summed E-state index contributed by atoms with van der Waals surface area (Å²) in [4.78, 5) is 2.07. The van der Waals surface area contributed by atoms with E-state index in [0.29, 0.717) is 4.47 Å². The van der Waals surface area contributed by atoms with Crippen LogP contribution >= 0.6 is 15.9 Å². The highest BCUT2D eigenvalue weighted by Gasteiger charge is 2.10. The largest absolute Gasteiger partial charge is 0.378 e. The van der Waals surface area contributed by atoms with Crippen LogP contribution in [0.4, 0.5) is 15.8 Å². The van der Waals surface area contributed by atoms with Gasteiger partial charge in [-0.2, -0.15) is 0 Å². The molecule has 0 aliphatic carbocycles. The van der Waals surface area contributed by atoms with Crippen LogP contribution in [0.2, 0.25) is 0 Å². The molecule has 0 radical (unpaired) electrons. The molecule has 2 aromatic rings. The number of aryl methyl sites for hydroxylation is 1. The molecule has 2 rings (SSSR count). The average molecular weight is 351 g/mol. The molecule has 4 heteroatoms. The summed E-state index contributed by atoms with van der Waals surface area (Å²) >= 11 is 3.21. The molecule has 1 N–H and O–H groups in total. The zero-order valence-electron chi connectivity index (χ0n) is 12.7. The van der Waals surface area contributed by atoms with E-state index in [1.807, 2.05) is 21.0 Å². The van der Waals surface area contributed by atoms with Gasteiger partial charge in [0.05, 0.1) is 4.47 Å². The fraction of sp³-hybridized carbons (Fsp3) is 0.294. The molecule has 0 saturated carbocycles. The molecule has 0 aliphatic rings. The zero-order chi connectivity index (χ0) is 15.6. The number of benzene rings is 2. The fourth-order valence-electron chi connectivity index (χ4n) is 2.18. The average Bonchev–Trinajstić information content (AvgIpc) is 2.44. The maximum absolute atomic E-state index is 13.7. The maximum Gasteiger partial charge on any atom is 0.139 e. The number of hydrogen-bond donors (Lipinski definition) is 1. The predicted octanol–water partition coefficient (Wildman–Crippen LogP) is 5.14. The Bertz CT molecular complexity index is 623. The van der Waals surface area contributed by atoms with Gasteiger partial charge in [-0.25, -0.2) is 4.39 Å². The van der Waals surface area contributed by atoms with Gasteiger partial charge >= 0.3 is 0 Å². The van der Waals surface area contributed by atoms with E-state index < -0.39 is 0 Å². The minimum Gasteiger partial charge on any atom is -0.378 e. The lowest BCUT2D eigenvalue weighted by molar-refractivity contribution is 0.620. The van der Waals surface area contributed by atoms with Crippen molar-refractivity contribution in [1.29, 1.82) is 0 Å². The molecule has 1 atom stereocenters. The molecule has 2 nitrogen and oxygen atoms in total. The van der Waals surface area contributed by atoms with E-state index in [1.165, 1.54) is 11.6 Å². The van der Waals surface area contributed by atoms with Crippen LogP contribution in [0.15, 0.2) is 40.9 Å². The summed E-state index contributed by atoms with van der Waals surface area (Å²) in [5.74, 6) is -0.252. The summed E-state index contributed by atoms with van der Waals surface area (Å²) in [7, 11) is 4.04. The normalized spacial score (nSPS) is 12.1. The number of hydrogen-bond acceptors (Lipinski definition) is 2. The lowest BCUT2D eigenvalue weighted by Gasteiger charge is -2.19. The van der Waals surface area contributed by atoms with Gasteiger partial charge in [0, 0.05) is 31.5 Å². The highest BCUT2D eigenvalue weighted by Crippen LogP contribution is 2.27. The second-order valence-electron chi connectivity index (χ2n) is 5.43. The quantitative estimate of drug-likeness (QED) is 0.821. The van der Waals surface area contributed by atoms with E-state index >= 15 is 0 Å². The first-order chi connectivity index (χ1) is 9.88. The summed E-state index contributed by atoms with van der Waals surface area (Å²) in [6, 6.07) is 11.8. The molecular weight excluding hydrogens is 331 g/mol. The lowest BCUT2D eigenvalue weighted by Crippen LogP contribution is -2.10. The van der Waals surface area contributed by atoms with Gasteiger partial charge < -0.3 is 10.2 Å². The van der Waals surface area contributed by atoms with Gasteiger partial charge in [0.2, 0.25) is 0 Å². The van der Waals surface area contributed by atoms with Crippen molar-refractivity contribution in [3.05, 3.63) is 57.8 Å². The molecule has 0 aliphatic heterocycles. The van der Waals surface area contributed by atoms with E-state index in [4.69, 9.17) is 0 Å². The fourth-order valence-corrected chi connectivity index (χ4v) is 2.64. The van der Waals surface area contributed by atoms with Crippen molar-refractivity contribution in [1.82, 2.24) is 0 Å². The number of rotatable bonds is 4. The predicted molar refractivity (Wildman–Crippen MR) is 91.6 cm³/mol.